The fraction of sp³-hybridized carbons (Fsp3) is 0.667. The Hall–Kier alpha value is -4.19. The summed E-state index contributed by atoms with van der Waals surface area (Å²) >= 11 is 0. The molecule has 6 nitrogen and oxygen atoms in total. The Labute approximate surface area is 462 Å². The van der Waals surface area contributed by atoms with Crippen molar-refractivity contribution in [2.24, 2.45) is 0 Å². The molecule has 0 amide bonds. The van der Waals surface area contributed by atoms with E-state index in [1.54, 1.807) is 0 Å². The van der Waals surface area contributed by atoms with Gasteiger partial charge in [0.15, 0.2) is 6.10 Å². The fourth-order valence-electron chi connectivity index (χ4n) is 8.29. The third-order valence-corrected chi connectivity index (χ3v) is 12.9. The number of hydrogen-bond donors (Lipinski definition) is 0. The number of carbonyl (C=O) groups excluding carboxylic acids is 3. The van der Waals surface area contributed by atoms with Gasteiger partial charge in [-0.05, 0) is 122 Å². The van der Waals surface area contributed by atoms with E-state index in [4.69, 9.17) is 14.2 Å². The molecule has 0 N–H and O–H groups in total. The Bertz CT molecular complexity index is 1570. The lowest BCUT2D eigenvalue weighted by molar-refractivity contribution is -0.167. The van der Waals surface area contributed by atoms with Gasteiger partial charge in [-0.2, -0.15) is 0 Å². The van der Waals surface area contributed by atoms with Crippen LogP contribution in [0.3, 0.4) is 0 Å². The van der Waals surface area contributed by atoms with Crippen molar-refractivity contribution in [1.29, 1.82) is 0 Å². The zero-order valence-electron chi connectivity index (χ0n) is 48.8. The second-order valence-electron chi connectivity index (χ2n) is 20.2. The molecule has 426 valence electrons. The molecular weight excluding hydrogens is 925 g/mol. The van der Waals surface area contributed by atoms with E-state index >= 15 is 0 Å². The largest absolute Gasteiger partial charge is 0.462 e. The lowest BCUT2D eigenvalue weighted by atomic mass is 10.0. The van der Waals surface area contributed by atoms with Crippen LogP contribution in [0.2, 0.25) is 0 Å². The van der Waals surface area contributed by atoms with Crippen molar-refractivity contribution in [3.63, 3.8) is 0 Å². The van der Waals surface area contributed by atoms with Crippen LogP contribution in [-0.4, -0.2) is 37.2 Å². The molecule has 0 rings (SSSR count). The Kier molecular flexibility index (Phi) is 58.9. The molecule has 1 unspecified atom stereocenters. The molecule has 0 aliphatic heterocycles. The summed E-state index contributed by atoms with van der Waals surface area (Å²) in [5.41, 5.74) is 0. The van der Waals surface area contributed by atoms with Gasteiger partial charge in [0.25, 0.3) is 0 Å². The summed E-state index contributed by atoms with van der Waals surface area (Å²) in [6.07, 6.45) is 86.4. The molecule has 0 saturated carbocycles. The normalized spacial score (nSPS) is 12.9. The number of allylic oxidation sites excluding steroid dienone is 20. The Morgan fingerprint density at radius 3 is 0.813 bits per heavy atom. The predicted molar refractivity (Wildman–Crippen MR) is 325 cm³/mol. The van der Waals surface area contributed by atoms with Crippen LogP contribution in [0.15, 0.2) is 122 Å². The Morgan fingerprint density at radius 1 is 0.280 bits per heavy atom. The van der Waals surface area contributed by atoms with Gasteiger partial charge in [-0.25, -0.2) is 0 Å². The quantitative estimate of drug-likeness (QED) is 0.0261. The second kappa shape index (κ2) is 62.4. The van der Waals surface area contributed by atoms with Gasteiger partial charge in [0.2, 0.25) is 0 Å². The standard InChI is InChI=1S/C69H114O6/c1-4-7-10-13-16-19-22-25-26-27-28-29-30-31-32-33-34-35-36-37-38-39-40-41-42-45-47-50-53-56-59-62-68(71)74-65-66(75-69(72)63-60-57-54-51-48-44-24-21-18-15-12-9-6-3)64-73-67(70)61-58-55-52-49-46-43-23-20-17-14-11-8-5-2/h7,10-12,14-16,19-21,23-26,28-29,31-32,34-35,66H,4-6,8-9,13,17-18,22,27,30,33,36-65H2,1-3H3/b10-7-,14-11-,15-12-,19-16-,23-20-,24-21-,26-25-,29-28-,32-31-,35-34-. The van der Waals surface area contributed by atoms with Gasteiger partial charge >= 0.3 is 17.9 Å². The average molecular weight is 1040 g/mol. The SMILES string of the molecule is CC/C=C\C/C=C\C/C=C\C/C=C\C/C=C\C/C=C\CCCCCCCCCCCCCCC(=O)OCC(COC(=O)CCCCCCC/C=C\C/C=C\CCC)OC(=O)CCCCCCC/C=C\C/C=C\CCC. The molecule has 0 aromatic carbocycles. The fourth-order valence-corrected chi connectivity index (χ4v) is 8.29. The number of ether oxygens (including phenoxy) is 3. The van der Waals surface area contributed by atoms with Crippen molar-refractivity contribution in [1.82, 2.24) is 0 Å². The number of hydrogen-bond acceptors (Lipinski definition) is 6. The summed E-state index contributed by atoms with van der Waals surface area (Å²) in [6, 6.07) is 0. The van der Waals surface area contributed by atoms with Crippen molar-refractivity contribution >= 4 is 17.9 Å². The highest BCUT2D eigenvalue weighted by atomic mass is 16.6. The molecule has 1 atom stereocenters. The molecule has 0 fully saturated rings. The van der Waals surface area contributed by atoms with E-state index in [1.165, 1.54) is 77.0 Å². The number of esters is 3. The van der Waals surface area contributed by atoms with Crippen LogP contribution in [-0.2, 0) is 28.6 Å². The van der Waals surface area contributed by atoms with Crippen molar-refractivity contribution in [3.8, 4) is 0 Å². The van der Waals surface area contributed by atoms with Crippen molar-refractivity contribution in [2.45, 2.75) is 284 Å². The van der Waals surface area contributed by atoms with E-state index < -0.39 is 6.10 Å². The molecule has 0 bridgehead atoms. The smallest absolute Gasteiger partial charge is 0.306 e. The molecule has 0 spiro atoms. The Balaban J connectivity index is 4.22. The van der Waals surface area contributed by atoms with Gasteiger partial charge in [-0.15, -0.1) is 0 Å². The molecule has 0 heterocycles. The van der Waals surface area contributed by atoms with E-state index in [1.807, 2.05) is 0 Å². The summed E-state index contributed by atoms with van der Waals surface area (Å²) < 4.78 is 16.8. The number of rotatable bonds is 55. The topological polar surface area (TPSA) is 78.9 Å². The maximum Gasteiger partial charge on any atom is 0.306 e. The van der Waals surface area contributed by atoms with E-state index in [0.29, 0.717) is 19.3 Å². The van der Waals surface area contributed by atoms with E-state index in [2.05, 4.69) is 142 Å². The number of carbonyl (C=O) groups is 3. The van der Waals surface area contributed by atoms with Crippen LogP contribution in [0, 0.1) is 0 Å². The molecule has 0 aliphatic carbocycles. The van der Waals surface area contributed by atoms with E-state index in [0.717, 1.165) is 161 Å². The van der Waals surface area contributed by atoms with Crippen LogP contribution in [0.1, 0.15) is 278 Å². The minimum atomic E-state index is -0.794. The predicted octanol–water partition coefficient (Wildman–Crippen LogP) is 21.2. The summed E-state index contributed by atoms with van der Waals surface area (Å²) in [4.78, 5) is 38.2. The molecule has 0 aliphatic rings. The summed E-state index contributed by atoms with van der Waals surface area (Å²) in [7, 11) is 0. The molecule has 75 heavy (non-hydrogen) atoms. The highest BCUT2D eigenvalue weighted by molar-refractivity contribution is 5.71. The third-order valence-electron chi connectivity index (χ3n) is 12.9. The van der Waals surface area contributed by atoms with E-state index in [9.17, 15) is 14.4 Å². The third kappa shape index (κ3) is 60.6. The average Bonchev–Trinajstić information content (AvgIpc) is 3.41. The van der Waals surface area contributed by atoms with Crippen LogP contribution in [0.5, 0.6) is 0 Å². The van der Waals surface area contributed by atoms with Gasteiger partial charge in [-0.3, -0.25) is 14.4 Å². The first kappa shape index (κ1) is 70.8. The van der Waals surface area contributed by atoms with Crippen molar-refractivity contribution in [3.05, 3.63) is 122 Å². The zero-order chi connectivity index (χ0) is 54.3. The van der Waals surface area contributed by atoms with Crippen LogP contribution >= 0.6 is 0 Å². The van der Waals surface area contributed by atoms with Gasteiger partial charge in [0, 0.05) is 19.3 Å². The second-order valence-corrected chi connectivity index (χ2v) is 20.2. The maximum atomic E-state index is 12.8. The van der Waals surface area contributed by atoms with Crippen LogP contribution in [0.25, 0.3) is 0 Å². The Morgan fingerprint density at radius 2 is 0.520 bits per heavy atom. The van der Waals surface area contributed by atoms with E-state index in [-0.39, 0.29) is 31.1 Å². The number of unbranched alkanes of at least 4 members (excludes halogenated alkanes) is 24. The summed E-state index contributed by atoms with van der Waals surface area (Å²) in [5, 5.41) is 0. The van der Waals surface area contributed by atoms with Gasteiger partial charge in [0.05, 0.1) is 0 Å². The van der Waals surface area contributed by atoms with Crippen molar-refractivity contribution < 1.29 is 28.6 Å². The molecule has 0 saturated heterocycles. The summed E-state index contributed by atoms with van der Waals surface area (Å²) in [5.74, 6) is -0.920. The lowest BCUT2D eigenvalue weighted by Gasteiger charge is -2.18. The summed E-state index contributed by atoms with van der Waals surface area (Å²) in [6.45, 7) is 6.37. The zero-order valence-corrected chi connectivity index (χ0v) is 48.8. The molecule has 6 heteroatoms. The highest BCUT2D eigenvalue weighted by Crippen LogP contribution is 2.15. The van der Waals surface area contributed by atoms with Crippen LogP contribution < -0.4 is 0 Å². The first-order valence-corrected chi connectivity index (χ1v) is 31.0. The minimum absolute atomic E-state index is 0.0906. The lowest BCUT2D eigenvalue weighted by Crippen LogP contribution is -2.30. The molecular formula is C69H114O6. The van der Waals surface area contributed by atoms with Crippen molar-refractivity contribution in [2.75, 3.05) is 13.2 Å². The van der Waals surface area contributed by atoms with Gasteiger partial charge in [-0.1, -0.05) is 258 Å². The monoisotopic (exact) mass is 1040 g/mol. The van der Waals surface area contributed by atoms with Gasteiger partial charge in [0.1, 0.15) is 13.2 Å². The van der Waals surface area contributed by atoms with Gasteiger partial charge < -0.3 is 14.2 Å². The van der Waals surface area contributed by atoms with Crippen LogP contribution in [0.4, 0.5) is 0 Å². The molecule has 0 aromatic rings. The maximum absolute atomic E-state index is 12.8. The molecule has 0 radical (unpaired) electrons. The first-order valence-electron chi connectivity index (χ1n) is 31.0. The first-order chi connectivity index (χ1) is 37.0. The minimum Gasteiger partial charge on any atom is -0.462 e. The molecule has 0 aromatic heterocycles. The highest BCUT2D eigenvalue weighted by Gasteiger charge is 2.19.